The first-order valence-corrected chi connectivity index (χ1v) is 11.4. The lowest BCUT2D eigenvalue weighted by molar-refractivity contribution is -0.117. The third-order valence-corrected chi connectivity index (χ3v) is 5.92. The second kappa shape index (κ2) is 10.1. The Bertz CT molecular complexity index is 812. The predicted octanol–water partition coefficient (Wildman–Crippen LogP) is 3.01. The Morgan fingerprint density at radius 2 is 1.83 bits per heavy atom. The quantitative estimate of drug-likeness (QED) is 0.554. The van der Waals surface area contributed by atoms with Crippen LogP contribution in [0.3, 0.4) is 0 Å². The lowest BCUT2D eigenvalue weighted by Crippen LogP contribution is -2.37. The molecule has 1 fully saturated rings. The number of hydrogen-bond acceptors (Lipinski definition) is 5. The van der Waals surface area contributed by atoms with Crippen molar-refractivity contribution in [3.8, 4) is 0 Å². The second-order valence-electron chi connectivity index (χ2n) is 8.26. The molecule has 29 heavy (non-hydrogen) atoms. The largest absolute Gasteiger partial charge is 0.444 e. The molecule has 0 spiro atoms. The van der Waals surface area contributed by atoms with Crippen molar-refractivity contribution in [3.05, 3.63) is 24.3 Å². The van der Waals surface area contributed by atoms with Crippen LogP contribution >= 0.6 is 0 Å². The number of sulfonamides is 1. The zero-order valence-electron chi connectivity index (χ0n) is 17.3. The fourth-order valence-electron chi connectivity index (χ4n) is 3.18. The molecule has 0 radical (unpaired) electrons. The zero-order chi connectivity index (χ0) is 21.5. The first-order chi connectivity index (χ1) is 13.5. The maximum absolute atomic E-state index is 12.5. The molecular formula is C20H31N3O5S. The van der Waals surface area contributed by atoms with Crippen molar-refractivity contribution >= 4 is 27.7 Å². The van der Waals surface area contributed by atoms with E-state index in [9.17, 15) is 18.0 Å². The summed E-state index contributed by atoms with van der Waals surface area (Å²) in [7, 11) is -3.77. The molecule has 162 valence electrons. The van der Waals surface area contributed by atoms with Gasteiger partial charge in [-0.3, -0.25) is 4.79 Å². The van der Waals surface area contributed by atoms with E-state index in [4.69, 9.17) is 4.74 Å². The molecule has 1 aliphatic carbocycles. The van der Waals surface area contributed by atoms with Gasteiger partial charge in [0.15, 0.2) is 0 Å². The fraction of sp³-hybridized carbons (Fsp3) is 0.600. The molecule has 1 saturated carbocycles. The Hall–Kier alpha value is -2.13. The number of hydrogen-bond donors (Lipinski definition) is 3. The van der Waals surface area contributed by atoms with Gasteiger partial charge < -0.3 is 15.4 Å². The van der Waals surface area contributed by atoms with Gasteiger partial charge in [-0.25, -0.2) is 17.9 Å². The number of carbonyl (C=O) groups is 2. The maximum Gasteiger partial charge on any atom is 0.407 e. The van der Waals surface area contributed by atoms with E-state index in [1.165, 1.54) is 25.0 Å². The molecule has 3 N–H and O–H groups in total. The molecule has 0 unspecified atom stereocenters. The first kappa shape index (κ1) is 23.2. The van der Waals surface area contributed by atoms with E-state index in [0.717, 1.165) is 12.8 Å². The van der Waals surface area contributed by atoms with Crippen LogP contribution in [0.4, 0.5) is 10.5 Å². The van der Waals surface area contributed by atoms with Gasteiger partial charge in [-0.2, -0.15) is 0 Å². The van der Waals surface area contributed by atoms with Gasteiger partial charge in [0.05, 0.1) is 4.90 Å². The number of alkyl carbamates (subject to hydrolysis) is 1. The van der Waals surface area contributed by atoms with E-state index in [2.05, 4.69) is 15.4 Å². The lowest BCUT2D eigenvalue weighted by Gasteiger charge is -2.19. The minimum absolute atomic E-state index is 0.0137. The Balaban J connectivity index is 1.84. The van der Waals surface area contributed by atoms with Crippen LogP contribution in [-0.2, 0) is 19.6 Å². The summed E-state index contributed by atoms with van der Waals surface area (Å²) < 4.78 is 32.4. The minimum atomic E-state index is -3.77. The summed E-state index contributed by atoms with van der Waals surface area (Å²) in [6.07, 6.45) is 4.33. The monoisotopic (exact) mass is 425 g/mol. The summed E-state index contributed by atoms with van der Waals surface area (Å²) in [4.78, 5) is 23.8. The number of amides is 2. The third kappa shape index (κ3) is 8.41. The van der Waals surface area contributed by atoms with E-state index in [1.807, 2.05) is 0 Å². The second-order valence-corrected chi connectivity index (χ2v) is 10.0. The Morgan fingerprint density at radius 1 is 1.14 bits per heavy atom. The van der Waals surface area contributed by atoms with Gasteiger partial charge in [-0.15, -0.1) is 0 Å². The number of carbonyl (C=O) groups excluding carboxylic acids is 2. The topological polar surface area (TPSA) is 114 Å². The molecule has 9 heteroatoms. The molecule has 2 amide bonds. The van der Waals surface area contributed by atoms with Crippen LogP contribution in [0, 0.1) is 5.92 Å². The zero-order valence-corrected chi connectivity index (χ0v) is 18.1. The molecule has 0 heterocycles. The molecule has 8 nitrogen and oxygen atoms in total. The Morgan fingerprint density at radius 3 is 2.48 bits per heavy atom. The average Bonchev–Trinajstić information content (AvgIpc) is 3.10. The summed E-state index contributed by atoms with van der Waals surface area (Å²) in [5, 5.41) is 5.27. The Kier molecular flexibility index (Phi) is 8.04. The van der Waals surface area contributed by atoms with Gasteiger partial charge in [0.1, 0.15) is 5.60 Å². The van der Waals surface area contributed by atoms with Crippen molar-refractivity contribution in [2.45, 2.75) is 63.4 Å². The molecule has 1 aromatic carbocycles. The first-order valence-electron chi connectivity index (χ1n) is 9.91. The van der Waals surface area contributed by atoms with Crippen LogP contribution in [0.2, 0.25) is 0 Å². The molecule has 0 atom stereocenters. The van der Waals surface area contributed by atoms with Crippen LogP contribution in [0.1, 0.15) is 52.9 Å². The smallest absolute Gasteiger partial charge is 0.407 e. The van der Waals surface area contributed by atoms with E-state index >= 15 is 0 Å². The van der Waals surface area contributed by atoms with E-state index in [-0.39, 0.29) is 23.9 Å². The highest BCUT2D eigenvalue weighted by molar-refractivity contribution is 7.89. The van der Waals surface area contributed by atoms with E-state index < -0.39 is 21.7 Å². The molecule has 1 aromatic rings. The fourth-order valence-corrected chi connectivity index (χ4v) is 4.25. The van der Waals surface area contributed by atoms with Gasteiger partial charge in [0, 0.05) is 25.2 Å². The van der Waals surface area contributed by atoms with Crippen LogP contribution in [0.15, 0.2) is 29.2 Å². The summed E-state index contributed by atoms with van der Waals surface area (Å²) in [6, 6.07) is 6.13. The van der Waals surface area contributed by atoms with E-state index in [0.29, 0.717) is 18.0 Å². The molecule has 0 aliphatic heterocycles. The van der Waals surface area contributed by atoms with Gasteiger partial charge >= 0.3 is 6.09 Å². The summed E-state index contributed by atoms with van der Waals surface area (Å²) in [5.74, 6) is 0.321. The van der Waals surface area contributed by atoms with Crippen molar-refractivity contribution in [3.63, 3.8) is 0 Å². The molecule has 2 rings (SSSR count). The normalized spacial score (nSPS) is 15.1. The van der Waals surface area contributed by atoms with Crippen molar-refractivity contribution < 1.29 is 22.7 Å². The van der Waals surface area contributed by atoms with Gasteiger partial charge in [-0.1, -0.05) is 18.9 Å². The Labute approximate surface area is 172 Å². The number of rotatable bonds is 8. The molecule has 1 aliphatic rings. The highest BCUT2D eigenvalue weighted by atomic mass is 32.2. The molecule has 0 aromatic heterocycles. The maximum atomic E-state index is 12.5. The highest BCUT2D eigenvalue weighted by Crippen LogP contribution is 2.28. The lowest BCUT2D eigenvalue weighted by atomic mass is 10.0. The van der Waals surface area contributed by atoms with E-state index in [1.54, 1.807) is 32.9 Å². The van der Waals surface area contributed by atoms with Gasteiger partial charge in [0.2, 0.25) is 15.9 Å². The summed E-state index contributed by atoms with van der Waals surface area (Å²) >= 11 is 0. The van der Waals surface area contributed by atoms with Crippen LogP contribution < -0.4 is 15.4 Å². The van der Waals surface area contributed by atoms with Crippen LogP contribution in [0.25, 0.3) is 0 Å². The van der Waals surface area contributed by atoms with Gasteiger partial charge in [-0.05, 0) is 57.7 Å². The predicted molar refractivity (Wildman–Crippen MR) is 111 cm³/mol. The minimum Gasteiger partial charge on any atom is -0.444 e. The molecule has 0 bridgehead atoms. The van der Waals surface area contributed by atoms with Crippen molar-refractivity contribution in [2.24, 2.45) is 5.92 Å². The summed E-state index contributed by atoms with van der Waals surface area (Å²) in [5.41, 5.74) is -0.172. The molecular weight excluding hydrogens is 394 g/mol. The molecule has 0 saturated heterocycles. The third-order valence-electron chi connectivity index (χ3n) is 4.46. The van der Waals surface area contributed by atoms with Crippen molar-refractivity contribution in [1.29, 1.82) is 0 Å². The average molecular weight is 426 g/mol. The number of anilines is 1. The van der Waals surface area contributed by atoms with Gasteiger partial charge in [0.25, 0.3) is 0 Å². The van der Waals surface area contributed by atoms with Crippen LogP contribution in [0.5, 0.6) is 0 Å². The highest BCUT2D eigenvalue weighted by Gasteiger charge is 2.20. The summed E-state index contributed by atoms with van der Waals surface area (Å²) in [6.45, 7) is 5.34. The number of nitrogens with one attached hydrogen (secondary N) is 3. The van der Waals surface area contributed by atoms with Crippen molar-refractivity contribution in [2.75, 3.05) is 18.4 Å². The number of ether oxygens (including phenoxy) is 1. The SMILES string of the molecule is CC(C)(C)OC(=O)NCCNS(=O)(=O)c1cccc(NC(=O)CC2CCCC2)c1. The van der Waals surface area contributed by atoms with Crippen molar-refractivity contribution in [1.82, 2.24) is 10.0 Å². The standard InChI is InChI=1S/C20H31N3O5S/c1-20(2,3)28-19(25)21-11-12-22-29(26,27)17-10-6-9-16(14-17)23-18(24)13-15-7-4-5-8-15/h6,9-10,14-15,22H,4-5,7-8,11-13H2,1-3H3,(H,21,25)(H,23,24). The van der Waals surface area contributed by atoms with Crippen LogP contribution in [-0.4, -0.2) is 39.1 Å². The number of benzene rings is 1.